The molecule has 2 aliphatic rings. The first-order chi connectivity index (χ1) is 13.9. The van der Waals surface area contributed by atoms with Crippen LogP contribution in [0.5, 0.6) is 0 Å². The molecule has 4 rings (SSSR count). The van der Waals surface area contributed by atoms with E-state index in [-0.39, 0.29) is 29.4 Å². The number of pyridine rings is 1. The molecule has 1 N–H and O–H groups in total. The normalized spacial score (nSPS) is 24.0. The largest absolute Gasteiger partial charge is 0.307 e. The number of amides is 1. The SMILES string of the molecule is CC1=C(C(=O)Nc2ccccn2)[C@@H](c2ccc(C)cc2)C2C(=O)C[C@@H](C)CC2=N1. The standard InChI is InChI=1S/C24H25N3O2/c1-14-7-9-17(10-8-14)22-21(24(29)27-20-6-4-5-11-25-20)16(3)26-18-12-15(2)13-19(28)23(18)22/h4-11,15,22-23H,12-13H2,1-3H3,(H,25,27,29)/t15-,22+,23?/m0/s1. The highest BCUT2D eigenvalue weighted by atomic mass is 16.2. The number of aryl methyl sites for hydroxylation is 1. The number of hydrogen-bond donors (Lipinski definition) is 1. The predicted octanol–water partition coefficient (Wildman–Crippen LogP) is 4.46. The first-order valence-corrected chi connectivity index (χ1v) is 10.0. The van der Waals surface area contributed by atoms with Gasteiger partial charge < -0.3 is 5.32 Å². The van der Waals surface area contributed by atoms with Crippen molar-refractivity contribution < 1.29 is 9.59 Å². The van der Waals surface area contributed by atoms with Gasteiger partial charge in [-0.25, -0.2) is 4.98 Å². The van der Waals surface area contributed by atoms with Crippen LogP contribution in [-0.2, 0) is 9.59 Å². The Bertz CT molecular complexity index is 1010. The maximum atomic E-state index is 13.3. The molecular weight excluding hydrogens is 362 g/mol. The minimum absolute atomic E-state index is 0.170. The van der Waals surface area contributed by atoms with Crippen LogP contribution in [0.2, 0.25) is 0 Å². The topological polar surface area (TPSA) is 71.4 Å². The molecule has 2 aromatic rings. The Morgan fingerprint density at radius 2 is 1.79 bits per heavy atom. The molecule has 1 unspecified atom stereocenters. The molecule has 5 nitrogen and oxygen atoms in total. The summed E-state index contributed by atoms with van der Waals surface area (Å²) < 4.78 is 0. The lowest BCUT2D eigenvalue weighted by Gasteiger charge is -2.37. The van der Waals surface area contributed by atoms with E-state index in [0.29, 0.717) is 23.5 Å². The number of carbonyl (C=O) groups excluding carboxylic acids is 2. The summed E-state index contributed by atoms with van der Waals surface area (Å²) in [6.45, 7) is 5.97. The van der Waals surface area contributed by atoms with Gasteiger partial charge in [0.1, 0.15) is 11.6 Å². The number of Topliss-reactive ketones (excluding diaryl/α,β-unsaturated/α-hetero) is 1. The van der Waals surface area contributed by atoms with Crippen LogP contribution in [0.3, 0.4) is 0 Å². The average Bonchev–Trinajstić information content (AvgIpc) is 2.68. The quantitative estimate of drug-likeness (QED) is 0.845. The van der Waals surface area contributed by atoms with Crippen molar-refractivity contribution in [1.82, 2.24) is 4.98 Å². The van der Waals surface area contributed by atoms with Gasteiger partial charge in [-0.2, -0.15) is 0 Å². The molecular formula is C24H25N3O2. The fourth-order valence-corrected chi connectivity index (χ4v) is 4.43. The number of rotatable bonds is 3. The zero-order chi connectivity index (χ0) is 20.5. The molecule has 2 heterocycles. The van der Waals surface area contributed by atoms with E-state index in [0.717, 1.165) is 23.3 Å². The molecule has 148 valence electrons. The lowest BCUT2D eigenvalue weighted by Crippen LogP contribution is -2.41. The van der Waals surface area contributed by atoms with Crippen molar-refractivity contribution in [3.63, 3.8) is 0 Å². The van der Waals surface area contributed by atoms with E-state index < -0.39 is 0 Å². The van der Waals surface area contributed by atoms with Gasteiger partial charge in [-0.15, -0.1) is 0 Å². The summed E-state index contributed by atoms with van der Waals surface area (Å²) >= 11 is 0. The van der Waals surface area contributed by atoms with E-state index >= 15 is 0 Å². The second-order valence-corrected chi connectivity index (χ2v) is 8.12. The number of aliphatic imine (C=N–C) groups is 1. The molecule has 1 aromatic heterocycles. The molecule has 0 radical (unpaired) electrons. The maximum Gasteiger partial charge on any atom is 0.255 e. The number of fused-ring (bicyclic) bond motifs is 1. The van der Waals surface area contributed by atoms with Gasteiger partial charge in [-0.3, -0.25) is 14.6 Å². The van der Waals surface area contributed by atoms with Crippen molar-refractivity contribution >= 4 is 23.2 Å². The summed E-state index contributed by atoms with van der Waals surface area (Å²) in [7, 11) is 0. The number of aromatic nitrogens is 1. The molecule has 1 aromatic carbocycles. The van der Waals surface area contributed by atoms with E-state index in [1.807, 2.05) is 44.2 Å². The molecule has 0 bridgehead atoms. The molecule has 1 amide bonds. The van der Waals surface area contributed by atoms with Crippen molar-refractivity contribution in [2.45, 2.75) is 39.5 Å². The zero-order valence-electron chi connectivity index (χ0n) is 17.0. The van der Waals surface area contributed by atoms with Gasteiger partial charge >= 0.3 is 0 Å². The molecule has 1 fully saturated rings. The number of carbonyl (C=O) groups is 2. The Balaban J connectivity index is 1.80. The average molecular weight is 387 g/mol. The van der Waals surface area contributed by atoms with Crippen molar-refractivity contribution in [2.24, 2.45) is 16.8 Å². The highest BCUT2D eigenvalue weighted by Gasteiger charge is 2.44. The summed E-state index contributed by atoms with van der Waals surface area (Å²) in [5, 5.41) is 2.88. The minimum Gasteiger partial charge on any atom is -0.307 e. The van der Waals surface area contributed by atoms with Gasteiger partial charge in [0.25, 0.3) is 5.91 Å². The van der Waals surface area contributed by atoms with E-state index in [1.165, 1.54) is 0 Å². The number of anilines is 1. The van der Waals surface area contributed by atoms with Crippen LogP contribution >= 0.6 is 0 Å². The second kappa shape index (κ2) is 7.74. The van der Waals surface area contributed by atoms with Crippen LogP contribution in [0.4, 0.5) is 5.82 Å². The second-order valence-electron chi connectivity index (χ2n) is 8.12. The van der Waals surface area contributed by atoms with Crippen molar-refractivity contribution in [2.75, 3.05) is 5.32 Å². The molecule has 29 heavy (non-hydrogen) atoms. The lowest BCUT2D eigenvalue weighted by atomic mass is 9.67. The van der Waals surface area contributed by atoms with Crippen molar-refractivity contribution in [3.05, 3.63) is 71.1 Å². The summed E-state index contributed by atoms with van der Waals surface area (Å²) in [5.41, 5.74) is 4.25. The van der Waals surface area contributed by atoms with Crippen LogP contribution in [0, 0.1) is 18.8 Å². The molecule has 1 aliphatic carbocycles. The molecule has 0 spiro atoms. The predicted molar refractivity (Wildman–Crippen MR) is 114 cm³/mol. The Labute approximate surface area is 171 Å². The third-order valence-corrected chi connectivity index (χ3v) is 5.75. The number of nitrogens with one attached hydrogen (secondary N) is 1. The van der Waals surface area contributed by atoms with Crippen molar-refractivity contribution in [1.29, 1.82) is 0 Å². The van der Waals surface area contributed by atoms with Crippen LogP contribution < -0.4 is 5.32 Å². The summed E-state index contributed by atoms with van der Waals surface area (Å²) in [6.07, 6.45) is 2.96. The van der Waals surface area contributed by atoms with Crippen LogP contribution in [-0.4, -0.2) is 22.4 Å². The number of ketones is 1. The molecule has 1 aliphatic heterocycles. The Morgan fingerprint density at radius 3 is 2.48 bits per heavy atom. The van der Waals surface area contributed by atoms with Crippen LogP contribution in [0.1, 0.15) is 43.7 Å². The van der Waals surface area contributed by atoms with Crippen LogP contribution in [0.15, 0.2) is 64.9 Å². The first kappa shape index (κ1) is 19.2. The van der Waals surface area contributed by atoms with Gasteiger partial charge in [-0.05, 0) is 43.9 Å². The third kappa shape index (κ3) is 3.77. The molecule has 5 heteroatoms. The highest BCUT2D eigenvalue weighted by molar-refractivity contribution is 6.14. The smallest absolute Gasteiger partial charge is 0.255 e. The van der Waals surface area contributed by atoms with Gasteiger partial charge in [0.05, 0.1) is 5.92 Å². The Hall–Kier alpha value is -3.08. The summed E-state index contributed by atoms with van der Waals surface area (Å²) in [5.74, 6) is -0.00898. The van der Waals surface area contributed by atoms with E-state index in [1.54, 1.807) is 18.3 Å². The fourth-order valence-electron chi connectivity index (χ4n) is 4.43. The van der Waals surface area contributed by atoms with E-state index in [2.05, 4.69) is 17.2 Å². The number of allylic oxidation sites excluding steroid dienone is 1. The van der Waals surface area contributed by atoms with E-state index in [9.17, 15) is 9.59 Å². The van der Waals surface area contributed by atoms with Gasteiger partial charge in [0.15, 0.2) is 0 Å². The summed E-state index contributed by atoms with van der Waals surface area (Å²) in [4.78, 5) is 35.3. The molecule has 0 saturated heterocycles. The van der Waals surface area contributed by atoms with Gasteiger partial charge in [0.2, 0.25) is 0 Å². The van der Waals surface area contributed by atoms with Gasteiger partial charge in [0, 0.05) is 35.5 Å². The van der Waals surface area contributed by atoms with Crippen LogP contribution in [0.25, 0.3) is 0 Å². The maximum absolute atomic E-state index is 13.3. The highest BCUT2D eigenvalue weighted by Crippen LogP contribution is 2.44. The third-order valence-electron chi connectivity index (χ3n) is 5.75. The number of nitrogens with zero attached hydrogens (tertiary/aromatic N) is 2. The number of benzene rings is 1. The number of hydrogen-bond acceptors (Lipinski definition) is 4. The Kier molecular flexibility index (Phi) is 5.14. The fraction of sp³-hybridized carbons (Fsp3) is 0.333. The lowest BCUT2D eigenvalue weighted by molar-refractivity contribution is -0.123. The first-order valence-electron chi connectivity index (χ1n) is 10.0. The Morgan fingerprint density at radius 1 is 1.03 bits per heavy atom. The van der Waals surface area contributed by atoms with E-state index in [4.69, 9.17) is 4.99 Å². The molecule has 1 saturated carbocycles. The minimum atomic E-state index is -0.373. The zero-order valence-corrected chi connectivity index (χ0v) is 17.0. The summed E-state index contributed by atoms with van der Waals surface area (Å²) in [6, 6.07) is 13.5. The van der Waals surface area contributed by atoms with Gasteiger partial charge in [-0.1, -0.05) is 42.8 Å². The van der Waals surface area contributed by atoms with Crippen molar-refractivity contribution in [3.8, 4) is 0 Å². The monoisotopic (exact) mass is 387 g/mol. The molecule has 3 atom stereocenters.